The van der Waals surface area contributed by atoms with Gasteiger partial charge in [-0.2, -0.15) is 0 Å². The highest BCUT2D eigenvalue weighted by molar-refractivity contribution is 4.80. The second kappa shape index (κ2) is 9.82. The Labute approximate surface area is 128 Å². The maximum Gasteiger partial charge on any atom is 0.00966 e. The monoisotopic (exact) mass is 281 g/mol. The van der Waals surface area contributed by atoms with Crippen LogP contribution in [-0.2, 0) is 0 Å². The first kappa shape index (κ1) is 18.0. The van der Waals surface area contributed by atoms with Crippen molar-refractivity contribution in [2.75, 3.05) is 6.54 Å². The van der Waals surface area contributed by atoms with Crippen molar-refractivity contribution in [3.05, 3.63) is 0 Å². The Morgan fingerprint density at radius 2 is 1.45 bits per heavy atom. The molecule has 1 saturated carbocycles. The molecule has 0 aliphatic heterocycles. The van der Waals surface area contributed by atoms with Crippen LogP contribution in [-0.4, -0.2) is 12.1 Å². The lowest BCUT2D eigenvalue weighted by atomic mass is 9.76. The van der Waals surface area contributed by atoms with Gasteiger partial charge in [0.1, 0.15) is 0 Å². The lowest BCUT2D eigenvalue weighted by molar-refractivity contribution is 0.199. The average Bonchev–Trinajstić information content (AvgIpc) is 2.40. The van der Waals surface area contributed by atoms with E-state index in [1.807, 2.05) is 0 Å². The highest BCUT2D eigenvalue weighted by atomic mass is 14.9. The van der Waals surface area contributed by atoms with E-state index in [2.05, 4.69) is 33.0 Å². The van der Waals surface area contributed by atoms with Crippen molar-refractivity contribution in [1.29, 1.82) is 0 Å². The highest BCUT2D eigenvalue weighted by Crippen LogP contribution is 2.33. The van der Waals surface area contributed by atoms with E-state index in [1.165, 1.54) is 77.2 Å². The summed E-state index contributed by atoms with van der Waals surface area (Å²) >= 11 is 0. The fourth-order valence-electron chi connectivity index (χ4n) is 3.56. The molecule has 1 nitrogen and oxygen atoms in total. The van der Waals surface area contributed by atoms with Gasteiger partial charge in [0.25, 0.3) is 0 Å². The molecule has 1 rings (SSSR count). The van der Waals surface area contributed by atoms with Crippen LogP contribution in [0, 0.1) is 11.8 Å². The maximum absolute atomic E-state index is 3.74. The molecule has 1 N–H and O–H groups in total. The molecule has 1 heteroatoms. The van der Waals surface area contributed by atoms with Gasteiger partial charge < -0.3 is 5.32 Å². The van der Waals surface area contributed by atoms with Gasteiger partial charge in [-0.05, 0) is 45.6 Å². The topological polar surface area (TPSA) is 12.0 Å². The first-order valence-electron chi connectivity index (χ1n) is 9.28. The van der Waals surface area contributed by atoms with E-state index in [4.69, 9.17) is 0 Å². The van der Waals surface area contributed by atoms with Crippen LogP contribution in [0.25, 0.3) is 0 Å². The number of hydrogen-bond acceptors (Lipinski definition) is 1. The van der Waals surface area contributed by atoms with Gasteiger partial charge in [0.15, 0.2) is 0 Å². The molecular formula is C19H39N. The predicted molar refractivity (Wildman–Crippen MR) is 91.2 cm³/mol. The summed E-state index contributed by atoms with van der Waals surface area (Å²) in [6, 6.07) is 0. The largest absolute Gasteiger partial charge is 0.312 e. The van der Waals surface area contributed by atoms with Crippen LogP contribution in [0.5, 0.6) is 0 Å². The Morgan fingerprint density at radius 3 is 2.10 bits per heavy atom. The molecule has 2 unspecified atom stereocenters. The summed E-state index contributed by atoms with van der Waals surface area (Å²) in [5.41, 5.74) is 0.280. The van der Waals surface area contributed by atoms with Crippen molar-refractivity contribution in [2.45, 2.75) is 104 Å². The molecule has 0 aromatic rings. The summed E-state index contributed by atoms with van der Waals surface area (Å²) in [5.74, 6) is 1.95. The molecule has 1 aliphatic rings. The number of unbranched alkanes of at least 4 members (excludes halogenated alkanes) is 5. The third-order valence-corrected chi connectivity index (χ3v) is 4.89. The number of hydrogen-bond donors (Lipinski definition) is 1. The Bertz CT molecular complexity index is 228. The SMILES string of the molecule is CCCCCCCCC1CCCCC1CNC(C)(C)C. The predicted octanol–water partition coefficient (Wildman–Crippen LogP) is 5.93. The van der Waals surface area contributed by atoms with Gasteiger partial charge in [-0.15, -0.1) is 0 Å². The Hall–Kier alpha value is -0.0400. The van der Waals surface area contributed by atoms with E-state index in [-0.39, 0.29) is 5.54 Å². The van der Waals surface area contributed by atoms with Gasteiger partial charge >= 0.3 is 0 Å². The van der Waals surface area contributed by atoms with E-state index in [0.717, 1.165) is 11.8 Å². The second-order valence-corrected chi connectivity index (χ2v) is 7.99. The molecule has 0 spiro atoms. The lowest BCUT2D eigenvalue weighted by Gasteiger charge is -2.34. The van der Waals surface area contributed by atoms with Crippen LogP contribution in [0.1, 0.15) is 98.3 Å². The first-order chi connectivity index (χ1) is 9.53. The van der Waals surface area contributed by atoms with Crippen LogP contribution in [0.15, 0.2) is 0 Å². The summed E-state index contributed by atoms with van der Waals surface area (Å²) in [4.78, 5) is 0. The third-order valence-electron chi connectivity index (χ3n) is 4.89. The number of rotatable bonds is 9. The molecule has 0 heterocycles. The van der Waals surface area contributed by atoms with Gasteiger partial charge in [0, 0.05) is 5.54 Å². The lowest BCUT2D eigenvalue weighted by Crippen LogP contribution is -2.41. The van der Waals surface area contributed by atoms with E-state index in [9.17, 15) is 0 Å². The molecule has 2 atom stereocenters. The van der Waals surface area contributed by atoms with Crippen molar-refractivity contribution >= 4 is 0 Å². The van der Waals surface area contributed by atoms with E-state index >= 15 is 0 Å². The van der Waals surface area contributed by atoms with E-state index in [0.29, 0.717) is 0 Å². The molecule has 120 valence electrons. The highest BCUT2D eigenvalue weighted by Gasteiger charge is 2.25. The Morgan fingerprint density at radius 1 is 0.850 bits per heavy atom. The fraction of sp³-hybridized carbons (Fsp3) is 1.00. The molecule has 0 saturated heterocycles. The Balaban J connectivity index is 2.19. The van der Waals surface area contributed by atoms with Crippen molar-refractivity contribution < 1.29 is 0 Å². The zero-order valence-electron chi connectivity index (χ0n) is 14.6. The molecular weight excluding hydrogens is 242 g/mol. The minimum absolute atomic E-state index is 0.280. The van der Waals surface area contributed by atoms with Crippen molar-refractivity contribution in [3.63, 3.8) is 0 Å². The van der Waals surface area contributed by atoms with Crippen molar-refractivity contribution in [1.82, 2.24) is 5.32 Å². The maximum atomic E-state index is 3.74. The zero-order valence-corrected chi connectivity index (χ0v) is 14.6. The molecule has 20 heavy (non-hydrogen) atoms. The normalized spacial score (nSPS) is 24.0. The van der Waals surface area contributed by atoms with Crippen LogP contribution in [0.2, 0.25) is 0 Å². The van der Waals surface area contributed by atoms with Gasteiger partial charge in [0.05, 0.1) is 0 Å². The van der Waals surface area contributed by atoms with Gasteiger partial charge in [0.2, 0.25) is 0 Å². The summed E-state index contributed by atoms with van der Waals surface area (Å²) in [6.07, 6.45) is 16.0. The zero-order chi connectivity index (χ0) is 14.8. The molecule has 0 aromatic carbocycles. The third kappa shape index (κ3) is 8.29. The van der Waals surface area contributed by atoms with Crippen molar-refractivity contribution in [3.8, 4) is 0 Å². The first-order valence-corrected chi connectivity index (χ1v) is 9.28. The molecule has 1 aliphatic carbocycles. The summed E-state index contributed by atoms with van der Waals surface area (Å²) < 4.78 is 0. The summed E-state index contributed by atoms with van der Waals surface area (Å²) in [5, 5.41) is 3.74. The van der Waals surface area contributed by atoms with E-state index in [1.54, 1.807) is 0 Å². The quantitative estimate of drug-likeness (QED) is 0.516. The van der Waals surface area contributed by atoms with Crippen LogP contribution < -0.4 is 5.32 Å². The Kier molecular flexibility index (Phi) is 8.84. The summed E-state index contributed by atoms with van der Waals surface area (Å²) in [6.45, 7) is 10.4. The standard InChI is InChI=1S/C19H39N/c1-5-6-7-8-9-10-13-17-14-11-12-15-18(17)16-20-19(2,3)4/h17-18,20H,5-16H2,1-4H3. The second-order valence-electron chi connectivity index (χ2n) is 7.99. The van der Waals surface area contributed by atoms with Crippen LogP contribution >= 0.6 is 0 Å². The minimum Gasteiger partial charge on any atom is -0.312 e. The fourth-order valence-corrected chi connectivity index (χ4v) is 3.56. The smallest absolute Gasteiger partial charge is 0.00966 e. The van der Waals surface area contributed by atoms with Crippen molar-refractivity contribution in [2.24, 2.45) is 11.8 Å². The molecule has 1 fully saturated rings. The van der Waals surface area contributed by atoms with Gasteiger partial charge in [-0.1, -0.05) is 71.1 Å². The summed E-state index contributed by atoms with van der Waals surface area (Å²) in [7, 11) is 0. The molecule has 0 bridgehead atoms. The van der Waals surface area contributed by atoms with E-state index < -0.39 is 0 Å². The number of nitrogens with one attached hydrogen (secondary N) is 1. The van der Waals surface area contributed by atoms with Crippen LogP contribution in [0.3, 0.4) is 0 Å². The van der Waals surface area contributed by atoms with Crippen LogP contribution in [0.4, 0.5) is 0 Å². The average molecular weight is 282 g/mol. The van der Waals surface area contributed by atoms with Gasteiger partial charge in [-0.3, -0.25) is 0 Å². The molecule has 0 amide bonds. The molecule has 0 radical (unpaired) electrons. The minimum atomic E-state index is 0.280. The van der Waals surface area contributed by atoms with Gasteiger partial charge in [-0.25, -0.2) is 0 Å². The molecule has 0 aromatic heterocycles.